The minimum absolute atomic E-state index is 0.0727. The van der Waals surface area contributed by atoms with Gasteiger partial charge >= 0.3 is 135 Å². The number of hydrogen-bond donors (Lipinski definition) is 0. The number of hydrogen-bond acceptors (Lipinski definition) is 6. The average molecular weight is 415 g/mol. The summed E-state index contributed by atoms with van der Waals surface area (Å²) in [7, 11) is 4.96. The molecule has 0 aliphatic carbocycles. The Bertz CT molecular complexity index is 218. The van der Waals surface area contributed by atoms with Crippen molar-refractivity contribution in [1.82, 2.24) is 0 Å². The summed E-state index contributed by atoms with van der Waals surface area (Å²) in [6.07, 6.45) is 0. The monoisotopic (exact) mass is 416 g/mol. The Labute approximate surface area is 134 Å². The fourth-order valence-electron chi connectivity index (χ4n) is 1.77. The Hall–Kier alpha value is 0.559. The third-order valence-electron chi connectivity index (χ3n) is 2.58. The molecular formula is C14H32O6Sn. The topological polar surface area (TPSA) is 55.4 Å². The first-order valence-electron chi connectivity index (χ1n) is 7.28. The molecule has 0 spiro atoms. The van der Waals surface area contributed by atoms with Gasteiger partial charge in [0, 0.05) is 0 Å². The molecule has 0 aliphatic rings. The Morgan fingerprint density at radius 2 is 0.952 bits per heavy atom. The third kappa shape index (κ3) is 11.7. The van der Waals surface area contributed by atoms with Gasteiger partial charge in [0.15, 0.2) is 0 Å². The van der Waals surface area contributed by atoms with Gasteiger partial charge < -0.3 is 0 Å². The molecule has 0 aromatic carbocycles. The zero-order valence-electron chi connectivity index (χ0n) is 14.4. The summed E-state index contributed by atoms with van der Waals surface area (Å²) in [5.74, 6) is 0. The first-order valence-corrected chi connectivity index (χ1v) is 12.8. The molecule has 0 saturated heterocycles. The van der Waals surface area contributed by atoms with E-state index in [1.54, 1.807) is 21.3 Å². The number of methoxy groups -OCH3 is 3. The van der Waals surface area contributed by atoms with E-state index >= 15 is 0 Å². The van der Waals surface area contributed by atoms with Crippen LogP contribution in [0, 0.1) is 5.41 Å². The third-order valence-corrected chi connectivity index (χ3v) is 12.4. The maximum atomic E-state index is 6.07. The predicted molar refractivity (Wildman–Crippen MR) is 83.5 cm³/mol. The second-order valence-electron chi connectivity index (χ2n) is 5.94. The van der Waals surface area contributed by atoms with E-state index in [1.807, 2.05) is 0 Å². The first-order chi connectivity index (χ1) is 9.89. The summed E-state index contributed by atoms with van der Waals surface area (Å²) in [4.78, 5) is 0. The summed E-state index contributed by atoms with van der Waals surface area (Å²) in [6, 6.07) is 0. The van der Waals surface area contributed by atoms with E-state index in [-0.39, 0.29) is 5.41 Å². The molecule has 0 bridgehead atoms. The van der Waals surface area contributed by atoms with Gasteiger partial charge in [-0.25, -0.2) is 0 Å². The molecule has 0 amide bonds. The van der Waals surface area contributed by atoms with Crippen molar-refractivity contribution in [2.24, 2.45) is 5.41 Å². The van der Waals surface area contributed by atoms with Gasteiger partial charge in [-0.15, -0.1) is 0 Å². The zero-order chi connectivity index (χ0) is 16.2. The SMILES string of the molecule is COCC[O][Sn]([CH2]C(C)(C)C)([O]CCOC)[O]CCOC. The molecule has 0 saturated carbocycles. The normalized spacial score (nSPS) is 12.9. The van der Waals surface area contributed by atoms with Crippen molar-refractivity contribution in [2.45, 2.75) is 25.2 Å². The van der Waals surface area contributed by atoms with Crippen molar-refractivity contribution < 1.29 is 23.4 Å². The van der Waals surface area contributed by atoms with Crippen LogP contribution in [-0.4, -0.2) is 80.6 Å². The van der Waals surface area contributed by atoms with E-state index in [1.165, 1.54) is 0 Å². The van der Waals surface area contributed by atoms with Crippen LogP contribution in [0.3, 0.4) is 0 Å². The molecule has 0 fully saturated rings. The first kappa shape index (κ1) is 21.6. The Kier molecular flexibility index (Phi) is 12.4. The fourth-order valence-corrected chi connectivity index (χ4v) is 10.4. The molecule has 0 N–H and O–H groups in total. The molecule has 128 valence electrons. The Morgan fingerprint density at radius 1 is 0.619 bits per heavy atom. The van der Waals surface area contributed by atoms with Crippen LogP contribution in [0.25, 0.3) is 0 Å². The molecule has 7 heteroatoms. The van der Waals surface area contributed by atoms with Crippen LogP contribution in [0.5, 0.6) is 0 Å². The van der Waals surface area contributed by atoms with E-state index in [2.05, 4.69) is 20.8 Å². The van der Waals surface area contributed by atoms with Gasteiger partial charge in [-0.05, 0) is 0 Å². The van der Waals surface area contributed by atoms with E-state index in [0.29, 0.717) is 39.6 Å². The van der Waals surface area contributed by atoms with Crippen LogP contribution in [-0.2, 0) is 23.4 Å². The molecule has 0 heterocycles. The van der Waals surface area contributed by atoms with Gasteiger partial charge in [-0.3, -0.25) is 0 Å². The summed E-state index contributed by atoms with van der Waals surface area (Å²) < 4.78 is 34.2. The van der Waals surface area contributed by atoms with E-state index in [0.717, 1.165) is 4.44 Å². The van der Waals surface area contributed by atoms with Crippen LogP contribution in [0.4, 0.5) is 0 Å². The van der Waals surface area contributed by atoms with Gasteiger partial charge in [0.25, 0.3) is 0 Å². The molecule has 0 aromatic heterocycles. The van der Waals surface area contributed by atoms with Gasteiger partial charge in [0.05, 0.1) is 0 Å². The molecule has 0 atom stereocenters. The van der Waals surface area contributed by atoms with E-state index in [9.17, 15) is 0 Å². The molecular weight excluding hydrogens is 383 g/mol. The van der Waals surface area contributed by atoms with Crippen molar-refractivity contribution in [1.29, 1.82) is 0 Å². The van der Waals surface area contributed by atoms with Crippen LogP contribution in [0.15, 0.2) is 0 Å². The summed E-state index contributed by atoms with van der Waals surface area (Å²) in [5, 5.41) is 0. The van der Waals surface area contributed by atoms with Crippen molar-refractivity contribution in [2.75, 3.05) is 61.0 Å². The predicted octanol–water partition coefficient (Wildman–Crippen LogP) is 1.96. The Morgan fingerprint density at radius 3 is 1.19 bits per heavy atom. The standard InChI is InChI=1S/C5H11.3C3H7O2.Sn/c1-5(2,3)4;3*1-5-3-2-4;/h1H2,2-4H3;3*2-3H2,1H3;/q;3*-1;+3. The van der Waals surface area contributed by atoms with E-state index in [4.69, 9.17) is 23.4 Å². The van der Waals surface area contributed by atoms with Gasteiger partial charge in [-0.2, -0.15) is 0 Å². The van der Waals surface area contributed by atoms with Gasteiger partial charge in [0.1, 0.15) is 0 Å². The molecule has 0 aliphatic heterocycles. The molecule has 0 aromatic rings. The van der Waals surface area contributed by atoms with Crippen LogP contribution >= 0.6 is 0 Å². The minimum atomic E-state index is -3.64. The fraction of sp³-hybridized carbons (Fsp3) is 1.00. The van der Waals surface area contributed by atoms with Crippen molar-refractivity contribution in [3.8, 4) is 0 Å². The van der Waals surface area contributed by atoms with Crippen LogP contribution in [0.1, 0.15) is 20.8 Å². The number of ether oxygens (including phenoxy) is 3. The van der Waals surface area contributed by atoms with Gasteiger partial charge in [-0.1, -0.05) is 0 Å². The molecule has 0 unspecified atom stereocenters. The molecule has 6 nitrogen and oxygen atoms in total. The van der Waals surface area contributed by atoms with Crippen molar-refractivity contribution in [3.63, 3.8) is 0 Å². The molecule has 21 heavy (non-hydrogen) atoms. The second kappa shape index (κ2) is 12.0. The molecule has 0 rings (SSSR count). The summed E-state index contributed by atoms with van der Waals surface area (Å²) in [6.45, 7) is 9.55. The summed E-state index contributed by atoms with van der Waals surface area (Å²) >= 11 is -3.64. The van der Waals surface area contributed by atoms with Crippen molar-refractivity contribution in [3.05, 3.63) is 0 Å². The van der Waals surface area contributed by atoms with Gasteiger partial charge in [0.2, 0.25) is 0 Å². The van der Waals surface area contributed by atoms with Crippen molar-refractivity contribution >= 4 is 19.6 Å². The molecule has 0 radical (unpaired) electrons. The zero-order valence-corrected chi connectivity index (χ0v) is 17.3. The van der Waals surface area contributed by atoms with E-state index < -0.39 is 19.6 Å². The maximum absolute atomic E-state index is 6.07. The average Bonchev–Trinajstić information content (AvgIpc) is 2.38. The quantitative estimate of drug-likeness (QED) is 0.339. The summed E-state index contributed by atoms with van der Waals surface area (Å²) in [5.41, 5.74) is 0.0727. The number of rotatable bonds is 13. The van der Waals surface area contributed by atoms with Crippen LogP contribution in [0.2, 0.25) is 4.44 Å². The second-order valence-corrected chi connectivity index (χ2v) is 13.3. The Balaban J connectivity index is 4.78. The van der Waals surface area contributed by atoms with Crippen LogP contribution < -0.4 is 0 Å².